The number of carbonyl (C=O) groups excluding carboxylic acids is 1. The van der Waals surface area contributed by atoms with Gasteiger partial charge in [-0.1, -0.05) is 76.8 Å². The molecule has 0 aliphatic rings. The third-order valence-corrected chi connectivity index (χ3v) is 7.25. The predicted octanol–water partition coefficient (Wildman–Crippen LogP) is 9.24. The lowest BCUT2D eigenvalue weighted by Crippen LogP contribution is -2.19. The minimum atomic E-state index is -4.57. The van der Waals surface area contributed by atoms with Crippen LogP contribution in [0, 0.1) is 6.92 Å². The van der Waals surface area contributed by atoms with Crippen LogP contribution in [0.1, 0.15) is 44.3 Å². The third-order valence-electron chi connectivity index (χ3n) is 4.87. The summed E-state index contributed by atoms with van der Waals surface area (Å²) in [6.45, 7) is 1.74. The first-order valence-electron chi connectivity index (χ1n) is 9.59. The lowest BCUT2D eigenvalue weighted by molar-refractivity contribution is -0.139. The summed E-state index contributed by atoms with van der Waals surface area (Å²) in [5.74, 6) is -2.00. The first-order chi connectivity index (χ1) is 15.5. The molecule has 0 spiro atoms. The van der Waals surface area contributed by atoms with E-state index >= 15 is 0 Å². The molecule has 10 heteroatoms. The molecular formula is C23H16Cl4F3NOS. The Hall–Kier alpha value is -1.57. The molecule has 2 nitrogen and oxygen atoms in total. The normalized spacial score (nSPS) is 13.0. The van der Waals surface area contributed by atoms with Crippen LogP contribution in [-0.2, 0) is 6.42 Å². The van der Waals surface area contributed by atoms with Crippen LogP contribution in [0.15, 0.2) is 42.6 Å². The van der Waals surface area contributed by atoms with E-state index in [1.54, 1.807) is 31.3 Å². The Bertz CT molecular complexity index is 1180. The van der Waals surface area contributed by atoms with Gasteiger partial charge < -0.3 is 0 Å². The summed E-state index contributed by atoms with van der Waals surface area (Å²) in [7, 11) is 0. The van der Waals surface area contributed by atoms with Gasteiger partial charge in [-0.15, -0.1) is 11.3 Å². The molecule has 0 fully saturated rings. The van der Waals surface area contributed by atoms with Gasteiger partial charge >= 0.3 is 6.18 Å². The van der Waals surface area contributed by atoms with E-state index in [1.807, 2.05) is 0 Å². The molecule has 3 rings (SSSR count). The Morgan fingerprint density at radius 1 is 1.12 bits per heavy atom. The molecule has 1 aromatic heterocycles. The fourth-order valence-corrected chi connectivity index (χ4v) is 4.84. The summed E-state index contributed by atoms with van der Waals surface area (Å²) >= 11 is 24.8. The standard InChI is InChI=1S/C23H16Cl4F3NOS/c1-12-8-13(2-5-16(12)20(32)7-4-15-11-31-22(27)33-15)3-6-17(23(28,29)30)14-9-18(24)21(26)19(25)10-14/h2-3,5-6,8-11,17H,4,7H2,1H3/b6-3+. The van der Waals surface area contributed by atoms with Gasteiger partial charge in [-0.3, -0.25) is 4.79 Å². The molecule has 33 heavy (non-hydrogen) atoms. The van der Waals surface area contributed by atoms with Crippen LogP contribution in [0.3, 0.4) is 0 Å². The average Bonchev–Trinajstić information content (AvgIpc) is 3.14. The average molecular weight is 553 g/mol. The molecule has 3 aromatic rings. The minimum absolute atomic E-state index is 0.00121. The van der Waals surface area contributed by atoms with E-state index < -0.39 is 12.1 Å². The molecule has 1 unspecified atom stereocenters. The quantitative estimate of drug-likeness (QED) is 0.216. The predicted molar refractivity (Wildman–Crippen MR) is 130 cm³/mol. The van der Waals surface area contributed by atoms with Crippen molar-refractivity contribution in [1.29, 1.82) is 0 Å². The lowest BCUT2D eigenvalue weighted by Gasteiger charge is -2.18. The van der Waals surface area contributed by atoms with Crippen molar-refractivity contribution in [2.75, 3.05) is 0 Å². The summed E-state index contributed by atoms with van der Waals surface area (Å²) in [6, 6.07) is 7.21. The number of thiazole rings is 1. The number of ketones is 1. The maximum Gasteiger partial charge on any atom is 0.399 e. The Morgan fingerprint density at radius 3 is 2.33 bits per heavy atom. The highest BCUT2D eigenvalue weighted by atomic mass is 35.5. The van der Waals surface area contributed by atoms with Gasteiger partial charge in [0.15, 0.2) is 10.3 Å². The number of Topliss-reactive ketones (excluding diaryl/α,β-unsaturated/α-hetero) is 1. The molecule has 0 aliphatic carbocycles. The zero-order valence-electron chi connectivity index (χ0n) is 17.0. The highest BCUT2D eigenvalue weighted by molar-refractivity contribution is 7.15. The van der Waals surface area contributed by atoms with Crippen LogP contribution in [0.4, 0.5) is 13.2 Å². The van der Waals surface area contributed by atoms with Gasteiger partial charge in [-0.2, -0.15) is 13.2 Å². The van der Waals surface area contributed by atoms with Crippen molar-refractivity contribution in [3.8, 4) is 0 Å². The zero-order valence-corrected chi connectivity index (χ0v) is 20.9. The maximum absolute atomic E-state index is 13.7. The van der Waals surface area contributed by atoms with E-state index in [2.05, 4.69) is 4.98 Å². The summed E-state index contributed by atoms with van der Waals surface area (Å²) in [6.07, 6.45) is 0.252. The Kier molecular flexibility index (Phi) is 8.51. The molecule has 0 N–H and O–H groups in total. The highest BCUT2D eigenvalue weighted by Crippen LogP contribution is 2.41. The van der Waals surface area contributed by atoms with Gasteiger partial charge in [0, 0.05) is 23.1 Å². The molecule has 174 valence electrons. The molecule has 0 radical (unpaired) electrons. The largest absolute Gasteiger partial charge is 0.399 e. The van der Waals surface area contributed by atoms with Crippen molar-refractivity contribution < 1.29 is 18.0 Å². The van der Waals surface area contributed by atoms with E-state index in [4.69, 9.17) is 46.4 Å². The second kappa shape index (κ2) is 10.8. The van der Waals surface area contributed by atoms with E-state index in [0.717, 1.165) is 23.1 Å². The fourth-order valence-electron chi connectivity index (χ4n) is 3.25. The highest BCUT2D eigenvalue weighted by Gasteiger charge is 2.39. The molecule has 0 amide bonds. The van der Waals surface area contributed by atoms with Crippen molar-refractivity contribution in [3.05, 3.63) is 89.3 Å². The van der Waals surface area contributed by atoms with Gasteiger partial charge in [0.1, 0.15) is 0 Å². The van der Waals surface area contributed by atoms with E-state index in [9.17, 15) is 18.0 Å². The van der Waals surface area contributed by atoms with Gasteiger partial charge in [0.05, 0.1) is 21.0 Å². The number of hydrogen-bond acceptors (Lipinski definition) is 3. The molecule has 0 saturated carbocycles. The van der Waals surface area contributed by atoms with E-state index in [1.165, 1.54) is 17.4 Å². The maximum atomic E-state index is 13.7. The van der Waals surface area contributed by atoms with Gasteiger partial charge in [0.25, 0.3) is 0 Å². The molecule has 1 atom stereocenters. The fraction of sp³-hybridized carbons (Fsp3) is 0.217. The molecule has 2 aromatic carbocycles. The summed E-state index contributed by atoms with van der Waals surface area (Å²) in [4.78, 5) is 17.4. The molecule has 0 saturated heterocycles. The summed E-state index contributed by atoms with van der Waals surface area (Å²) in [5, 5.41) is -0.108. The van der Waals surface area contributed by atoms with Crippen LogP contribution in [0.5, 0.6) is 0 Å². The minimum Gasteiger partial charge on any atom is -0.294 e. The third kappa shape index (κ3) is 6.74. The summed E-state index contributed by atoms with van der Waals surface area (Å²) in [5.41, 5.74) is 1.60. The van der Waals surface area contributed by atoms with Gasteiger partial charge in [0.2, 0.25) is 0 Å². The molecule has 0 bridgehead atoms. The molecule has 0 aliphatic heterocycles. The monoisotopic (exact) mass is 551 g/mol. The molecular weight excluding hydrogens is 537 g/mol. The van der Waals surface area contributed by atoms with Gasteiger partial charge in [-0.25, -0.2) is 4.98 Å². The number of rotatable bonds is 7. The van der Waals surface area contributed by atoms with Crippen LogP contribution < -0.4 is 0 Å². The van der Waals surface area contributed by atoms with Crippen LogP contribution in [0.2, 0.25) is 19.5 Å². The number of aromatic nitrogens is 1. The topological polar surface area (TPSA) is 30.0 Å². The van der Waals surface area contributed by atoms with Crippen molar-refractivity contribution in [2.24, 2.45) is 0 Å². The number of benzene rings is 2. The van der Waals surface area contributed by atoms with Crippen LogP contribution in [0.25, 0.3) is 6.08 Å². The summed E-state index contributed by atoms with van der Waals surface area (Å²) < 4.78 is 41.6. The number of allylic oxidation sites excluding steroid dienone is 1. The van der Waals surface area contributed by atoms with Crippen molar-refractivity contribution in [2.45, 2.75) is 31.9 Å². The van der Waals surface area contributed by atoms with Crippen molar-refractivity contribution >= 4 is 69.6 Å². The Labute approximate surface area is 213 Å². The van der Waals surface area contributed by atoms with Crippen LogP contribution >= 0.6 is 57.7 Å². The Balaban J connectivity index is 1.79. The number of aryl methyl sites for hydroxylation is 2. The first-order valence-corrected chi connectivity index (χ1v) is 11.9. The SMILES string of the molecule is Cc1cc(/C=C/C(c2cc(Cl)c(Cl)c(Cl)c2)C(F)(F)F)ccc1C(=O)CCc1cnc(Cl)s1. The van der Waals surface area contributed by atoms with E-state index in [-0.39, 0.29) is 32.8 Å². The second-order valence-corrected chi connectivity index (χ2v) is 10.1. The van der Waals surface area contributed by atoms with Crippen molar-refractivity contribution in [3.63, 3.8) is 0 Å². The lowest BCUT2D eigenvalue weighted by atomic mass is 9.95. The number of hydrogen-bond donors (Lipinski definition) is 0. The Morgan fingerprint density at radius 2 is 1.79 bits per heavy atom. The van der Waals surface area contributed by atoms with Crippen LogP contribution in [-0.4, -0.2) is 16.9 Å². The van der Waals surface area contributed by atoms with E-state index in [0.29, 0.717) is 27.6 Å². The van der Waals surface area contributed by atoms with Gasteiger partial charge in [-0.05, 0) is 42.2 Å². The number of nitrogens with zero attached hydrogens (tertiary/aromatic N) is 1. The zero-order chi connectivity index (χ0) is 24.3. The van der Waals surface area contributed by atoms with Crippen molar-refractivity contribution in [1.82, 2.24) is 4.98 Å². The number of halogens is 7. The first kappa shape index (κ1) is 26.0. The molecule has 1 heterocycles. The number of alkyl halides is 3. The number of carbonyl (C=O) groups is 1. The second-order valence-electron chi connectivity index (χ2n) is 7.25. The smallest absolute Gasteiger partial charge is 0.294 e.